The normalized spacial score (nSPS) is 24.6. The highest BCUT2D eigenvalue weighted by molar-refractivity contribution is 5.34. The quantitative estimate of drug-likeness (QED) is 0.905. The smallest absolute Gasteiger partial charge is 0.0894 e. The Morgan fingerprint density at radius 2 is 2.16 bits per heavy atom. The fourth-order valence-electron chi connectivity index (χ4n) is 3.08. The largest absolute Gasteiger partial charge is 0.374 e. The molecule has 0 bridgehead atoms. The lowest BCUT2D eigenvalue weighted by atomic mass is 9.93. The molecule has 0 aliphatic carbocycles. The van der Waals surface area contributed by atoms with Crippen LogP contribution in [-0.2, 0) is 4.74 Å². The molecule has 2 atom stereocenters. The molecule has 2 N–H and O–H groups in total. The molecule has 1 aliphatic heterocycles. The summed E-state index contributed by atoms with van der Waals surface area (Å²) < 4.78 is 5.89. The zero-order valence-corrected chi connectivity index (χ0v) is 12.4. The van der Waals surface area contributed by atoms with Gasteiger partial charge in [0.25, 0.3) is 0 Å². The van der Waals surface area contributed by atoms with E-state index in [1.54, 1.807) is 0 Å². The molecule has 2 rings (SSSR count). The van der Waals surface area contributed by atoms with Crippen molar-refractivity contribution >= 4 is 0 Å². The first-order valence-electron chi connectivity index (χ1n) is 7.30. The number of nitrogens with two attached hydrogens (primary N) is 1. The number of rotatable bonds is 4. The van der Waals surface area contributed by atoms with Crippen LogP contribution in [0.5, 0.6) is 0 Å². The standard InChI is InChI=1S/C16H26N2O/c1-4-7-18-8-9-19-15(11-17)16(18)14-6-5-12(2)10-13(14)3/h5-6,10,15-16H,4,7-9,11,17H2,1-3H3. The molecular formula is C16H26N2O. The van der Waals surface area contributed by atoms with Crippen LogP contribution >= 0.6 is 0 Å². The Morgan fingerprint density at radius 3 is 2.79 bits per heavy atom. The van der Waals surface area contributed by atoms with Gasteiger partial charge in [-0.3, -0.25) is 4.90 Å². The lowest BCUT2D eigenvalue weighted by Crippen LogP contribution is -2.48. The van der Waals surface area contributed by atoms with Gasteiger partial charge < -0.3 is 10.5 Å². The Bertz CT molecular complexity index is 417. The number of aryl methyl sites for hydroxylation is 2. The zero-order chi connectivity index (χ0) is 13.8. The van der Waals surface area contributed by atoms with Crippen LogP contribution in [0.25, 0.3) is 0 Å². The Labute approximate surface area is 116 Å². The summed E-state index contributed by atoms with van der Waals surface area (Å²) in [5.41, 5.74) is 9.94. The van der Waals surface area contributed by atoms with E-state index in [1.807, 2.05) is 0 Å². The molecule has 2 unspecified atom stereocenters. The van der Waals surface area contributed by atoms with Gasteiger partial charge >= 0.3 is 0 Å². The minimum Gasteiger partial charge on any atom is -0.374 e. The van der Waals surface area contributed by atoms with Crippen LogP contribution in [-0.4, -0.2) is 37.2 Å². The number of benzene rings is 1. The van der Waals surface area contributed by atoms with Crippen molar-refractivity contribution in [3.63, 3.8) is 0 Å². The van der Waals surface area contributed by atoms with E-state index in [0.717, 1.165) is 19.7 Å². The summed E-state index contributed by atoms with van der Waals surface area (Å²) in [7, 11) is 0. The predicted octanol–water partition coefficient (Wildman–Crippen LogP) is 2.41. The molecule has 0 radical (unpaired) electrons. The Hall–Kier alpha value is -0.900. The van der Waals surface area contributed by atoms with Gasteiger partial charge in [0.1, 0.15) is 0 Å². The third-order valence-corrected chi connectivity index (χ3v) is 3.94. The van der Waals surface area contributed by atoms with Crippen LogP contribution in [0.15, 0.2) is 18.2 Å². The Balaban J connectivity index is 2.33. The maximum Gasteiger partial charge on any atom is 0.0894 e. The molecular weight excluding hydrogens is 236 g/mol. The highest BCUT2D eigenvalue weighted by Crippen LogP contribution is 2.31. The molecule has 3 heteroatoms. The maximum atomic E-state index is 5.92. The number of hydrogen-bond donors (Lipinski definition) is 1. The zero-order valence-electron chi connectivity index (χ0n) is 12.4. The summed E-state index contributed by atoms with van der Waals surface area (Å²) in [6.07, 6.45) is 1.28. The van der Waals surface area contributed by atoms with Gasteiger partial charge in [-0.1, -0.05) is 30.7 Å². The SMILES string of the molecule is CCCN1CCOC(CN)C1c1ccc(C)cc1C. The predicted molar refractivity (Wildman–Crippen MR) is 79.3 cm³/mol. The van der Waals surface area contributed by atoms with E-state index in [9.17, 15) is 0 Å². The van der Waals surface area contributed by atoms with Crippen molar-refractivity contribution < 1.29 is 4.74 Å². The summed E-state index contributed by atoms with van der Waals surface area (Å²) in [6, 6.07) is 6.99. The maximum absolute atomic E-state index is 5.92. The van der Waals surface area contributed by atoms with E-state index < -0.39 is 0 Å². The van der Waals surface area contributed by atoms with Gasteiger partial charge in [-0.2, -0.15) is 0 Å². The fourth-order valence-corrected chi connectivity index (χ4v) is 3.08. The van der Waals surface area contributed by atoms with Crippen molar-refractivity contribution in [2.24, 2.45) is 5.73 Å². The summed E-state index contributed by atoms with van der Waals surface area (Å²) in [5.74, 6) is 0. The monoisotopic (exact) mass is 262 g/mol. The highest BCUT2D eigenvalue weighted by atomic mass is 16.5. The average Bonchev–Trinajstić information content (AvgIpc) is 2.39. The number of morpholine rings is 1. The van der Waals surface area contributed by atoms with E-state index >= 15 is 0 Å². The van der Waals surface area contributed by atoms with Crippen LogP contribution in [0.1, 0.15) is 36.1 Å². The lowest BCUT2D eigenvalue weighted by Gasteiger charge is -2.41. The molecule has 1 aromatic carbocycles. The molecule has 0 amide bonds. The van der Waals surface area contributed by atoms with Crippen molar-refractivity contribution in [3.05, 3.63) is 34.9 Å². The third kappa shape index (κ3) is 3.16. The van der Waals surface area contributed by atoms with E-state index in [0.29, 0.717) is 12.6 Å². The summed E-state index contributed by atoms with van der Waals surface area (Å²) in [5, 5.41) is 0. The highest BCUT2D eigenvalue weighted by Gasteiger charge is 2.32. The van der Waals surface area contributed by atoms with Crippen molar-refractivity contribution in [1.82, 2.24) is 4.90 Å². The van der Waals surface area contributed by atoms with Crippen LogP contribution < -0.4 is 5.73 Å². The Kier molecular flexibility index (Phi) is 4.97. The second-order valence-corrected chi connectivity index (χ2v) is 5.49. The molecule has 0 saturated carbocycles. The number of nitrogens with zero attached hydrogens (tertiary/aromatic N) is 1. The summed E-state index contributed by atoms with van der Waals surface area (Å²) in [4.78, 5) is 2.53. The van der Waals surface area contributed by atoms with Crippen molar-refractivity contribution in [3.8, 4) is 0 Å². The molecule has 19 heavy (non-hydrogen) atoms. The number of hydrogen-bond acceptors (Lipinski definition) is 3. The Morgan fingerprint density at radius 1 is 1.37 bits per heavy atom. The van der Waals surface area contributed by atoms with Crippen LogP contribution in [0.3, 0.4) is 0 Å². The summed E-state index contributed by atoms with van der Waals surface area (Å²) in [6.45, 7) is 10.0. The second-order valence-electron chi connectivity index (χ2n) is 5.49. The second kappa shape index (κ2) is 6.51. The molecule has 106 valence electrons. The molecule has 1 aliphatic rings. The van der Waals surface area contributed by atoms with Gasteiger partial charge in [-0.15, -0.1) is 0 Å². The van der Waals surface area contributed by atoms with Gasteiger partial charge in [0.05, 0.1) is 18.8 Å². The first-order chi connectivity index (χ1) is 9.17. The van der Waals surface area contributed by atoms with Crippen LogP contribution in [0, 0.1) is 13.8 Å². The molecule has 1 fully saturated rings. The van der Waals surface area contributed by atoms with Crippen LogP contribution in [0.4, 0.5) is 0 Å². The first kappa shape index (κ1) is 14.5. The number of ether oxygens (including phenoxy) is 1. The van der Waals surface area contributed by atoms with Crippen molar-refractivity contribution in [2.75, 3.05) is 26.2 Å². The van der Waals surface area contributed by atoms with Crippen molar-refractivity contribution in [1.29, 1.82) is 0 Å². The molecule has 3 nitrogen and oxygen atoms in total. The fraction of sp³-hybridized carbons (Fsp3) is 0.625. The van der Waals surface area contributed by atoms with Crippen molar-refractivity contribution in [2.45, 2.75) is 39.3 Å². The molecule has 1 heterocycles. The minimum atomic E-state index is 0.113. The van der Waals surface area contributed by atoms with E-state index in [-0.39, 0.29) is 6.10 Å². The van der Waals surface area contributed by atoms with Gasteiger partial charge in [0, 0.05) is 13.1 Å². The summed E-state index contributed by atoms with van der Waals surface area (Å²) >= 11 is 0. The van der Waals surface area contributed by atoms with Gasteiger partial charge in [-0.25, -0.2) is 0 Å². The van der Waals surface area contributed by atoms with Gasteiger partial charge in [-0.05, 0) is 37.9 Å². The van der Waals surface area contributed by atoms with Gasteiger partial charge in [0.15, 0.2) is 0 Å². The molecule has 0 aromatic heterocycles. The average molecular weight is 262 g/mol. The van der Waals surface area contributed by atoms with Gasteiger partial charge in [0.2, 0.25) is 0 Å². The molecule has 1 aromatic rings. The van der Waals surface area contributed by atoms with Crippen LogP contribution in [0.2, 0.25) is 0 Å². The molecule has 0 spiro atoms. The first-order valence-corrected chi connectivity index (χ1v) is 7.30. The van der Waals surface area contributed by atoms with E-state index in [4.69, 9.17) is 10.5 Å². The molecule has 1 saturated heterocycles. The topological polar surface area (TPSA) is 38.5 Å². The van der Waals surface area contributed by atoms with E-state index in [2.05, 4.69) is 43.9 Å². The van der Waals surface area contributed by atoms with E-state index in [1.165, 1.54) is 23.1 Å². The third-order valence-electron chi connectivity index (χ3n) is 3.94. The minimum absolute atomic E-state index is 0.113. The lowest BCUT2D eigenvalue weighted by molar-refractivity contribution is -0.0678.